The standard InChI is InChI=1S/C24H27N3O4/c1-17-4-5-18(2)27(17)26-24(29)20-8-12-22(13-9-20)31-16-23(28)25-15-14-19-6-10-21(30-3)11-7-19/h4-13H,14-16H2,1-3H3,(H,25,28)(H,26,29). The third-order valence-corrected chi connectivity index (χ3v) is 4.87. The van der Waals surface area contributed by atoms with Crippen molar-refractivity contribution >= 4 is 11.8 Å². The van der Waals surface area contributed by atoms with Crippen LogP contribution in [0.3, 0.4) is 0 Å². The van der Waals surface area contributed by atoms with E-state index in [0.717, 1.165) is 29.1 Å². The van der Waals surface area contributed by atoms with Crippen molar-refractivity contribution in [2.75, 3.05) is 25.7 Å². The summed E-state index contributed by atoms with van der Waals surface area (Å²) in [6.07, 6.45) is 0.722. The van der Waals surface area contributed by atoms with E-state index in [2.05, 4.69) is 10.7 Å². The van der Waals surface area contributed by atoms with E-state index in [4.69, 9.17) is 9.47 Å². The van der Waals surface area contributed by atoms with Gasteiger partial charge in [-0.1, -0.05) is 12.1 Å². The lowest BCUT2D eigenvalue weighted by Crippen LogP contribution is -2.30. The molecule has 162 valence electrons. The number of nitrogens with one attached hydrogen (secondary N) is 2. The summed E-state index contributed by atoms with van der Waals surface area (Å²) in [7, 11) is 1.63. The number of carbonyl (C=O) groups is 2. The van der Waals surface area contributed by atoms with Crippen molar-refractivity contribution in [3.63, 3.8) is 0 Å². The molecule has 0 unspecified atom stereocenters. The van der Waals surface area contributed by atoms with Crippen LogP contribution >= 0.6 is 0 Å². The fraction of sp³-hybridized carbons (Fsp3) is 0.250. The van der Waals surface area contributed by atoms with Gasteiger partial charge >= 0.3 is 0 Å². The molecule has 0 fully saturated rings. The highest BCUT2D eigenvalue weighted by molar-refractivity contribution is 6.00. The smallest absolute Gasteiger partial charge is 0.270 e. The third-order valence-electron chi connectivity index (χ3n) is 4.87. The van der Waals surface area contributed by atoms with Crippen molar-refractivity contribution in [1.29, 1.82) is 0 Å². The number of rotatable bonds is 9. The number of amides is 2. The molecule has 1 heterocycles. The monoisotopic (exact) mass is 421 g/mol. The van der Waals surface area contributed by atoms with Crippen molar-refractivity contribution < 1.29 is 19.1 Å². The lowest BCUT2D eigenvalue weighted by atomic mass is 10.1. The first kappa shape index (κ1) is 22.0. The summed E-state index contributed by atoms with van der Waals surface area (Å²) in [5.74, 6) is 0.911. The maximum Gasteiger partial charge on any atom is 0.270 e. The average molecular weight is 421 g/mol. The number of methoxy groups -OCH3 is 1. The van der Waals surface area contributed by atoms with E-state index in [1.54, 1.807) is 36.1 Å². The number of benzene rings is 2. The predicted octanol–water partition coefficient (Wildman–Crippen LogP) is 3.24. The maximum absolute atomic E-state index is 12.4. The van der Waals surface area contributed by atoms with Gasteiger partial charge in [0.2, 0.25) is 0 Å². The predicted molar refractivity (Wildman–Crippen MR) is 119 cm³/mol. The second-order valence-electron chi connectivity index (χ2n) is 7.15. The van der Waals surface area contributed by atoms with Crippen molar-refractivity contribution in [1.82, 2.24) is 9.99 Å². The summed E-state index contributed by atoms with van der Waals surface area (Å²) < 4.78 is 12.4. The summed E-state index contributed by atoms with van der Waals surface area (Å²) in [5.41, 5.74) is 6.36. The first-order valence-corrected chi connectivity index (χ1v) is 10.0. The molecule has 2 N–H and O–H groups in total. The van der Waals surface area contributed by atoms with E-state index in [-0.39, 0.29) is 18.4 Å². The van der Waals surface area contributed by atoms with E-state index >= 15 is 0 Å². The minimum absolute atomic E-state index is 0.0874. The molecule has 0 radical (unpaired) electrons. The van der Waals surface area contributed by atoms with Gasteiger partial charge in [0.25, 0.3) is 11.8 Å². The van der Waals surface area contributed by atoms with E-state index in [1.807, 2.05) is 50.2 Å². The van der Waals surface area contributed by atoms with Gasteiger partial charge in [0, 0.05) is 23.5 Å². The van der Waals surface area contributed by atoms with Crippen LogP contribution in [0.2, 0.25) is 0 Å². The minimum atomic E-state index is -0.217. The Morgan fingerprint density at radius 1 is 0.871 bits per heavy atom. The largest absolute Gasteiger partial charge is 0.497 e. The van der Waals surface area contributed by atoms with Crippen LogP contribution in [0.15, 0.2) is 60.7 Å². The molecule has 2 aromatic carbocycles. The lowest BCUT2D eigenvalue weighted by molar-refractivity contribution is -0.123. The fourth-order valence-electron chi connectivity index (χ4n) is 3.05. The molecule has 3 aromatic rings. The Hall–Kier alpha value is -3.74. The Bertz CT molecular complexity index is 1000. The molecule has 2 amide bonds. The molecular weight excluding hydrogens is 394 g/mol. The van der Waals surface area contributed by atoms with Crippen LogP contribution in [-0.4, -0.2) is 36.8 Å². The average Bonchev–Trinajstić information content (AvgIpc) is 3.10. The molecule has 7 nitrogen and oxygen atoms in total. The van der Waals surface area contributed by atoms with Gasteiger partial charge in [-0.15, -0.1) is 0 Å². The van der Waals surface area contributed by atoms with Gasteiger partial charge in [-0.25, -0.2) is 0 Å². The number of aromatic nitrogens is 1. The van der Waals surface area contributed by atoms with Crippen LogP contribution in [0.25, 0.3) is 0 Å². The van der Waals surface area contributed by atoms with Crippen molar-refractivity contribution in [2.45, 2.75) is 20.3 Å². The SMILES string of the molecule is COc1ccc(CCNC(=O)COc2ccc(C(=O)Nn3c(C)ccc3C)cc2)cc1. The zero-order chi connectivity index (χ0) is 22.2. The van der Waals surface area contributed by atoms with Crippen LogP contribution in [0.4, 0.5) is 0 Å². The molecule has 0 atom stereocenters. The number of hydrogen-bond acceptors (Lipinski definition) is 4. The van der Waals surface area contributed by atoms with Crippen molar-refractivity contribution in [3.05, 3.63) is 83.2 Å². The molecule has 7 heteroatoms. The molecule has 0 spiro atoms. The molecule has 0 bridgehead atoms. The second-order valence-corrected chi connectivity index (χ2v) is 7.15. The first-order valence-electron chi connectivity index (χ1n) is 10.0. The Balaban J connectivity index is 1.42. The molecule has 0 aliphatic carbocycles. The van der Waals surface area contributed by atoms with E-state index in [0.29, 0.717) is 17.9 Å². The number of ether oxygens (including phenoxy) is 2. The molecule has 0 aliphatic heterocycles. The van der Waals surface area contributed by atoms with Gasteiger partial charge in [-0.3, -0.25) is 19.7 Å². The molecular formula is C24H27N3O4. The zero-order valence-corrected chi connectivity index (χ0v) is 18.0. The zero-order valence-electron chi connectivity index (χ0n) is 18.0. The number of aryl methyl sites for hydroxylation is 2. The second kappa shape index (κ2) is 10.3. The minimum Gasteiger partial charge on any atom is -0.497 e. The highest BCUT2D eigenvalue weighted by atomic mass is 16.5. The van der Waals surface area contributed by atoms with Gasteiger partial charge in [0.1, 0.15) is 11.5 Å². The Morgan fingerprint density at radius 2 is 1.48 bits per heavy atom. The summed E-state index contributed by atoms with van der Waals surface area (Å²) in [6.45, 7) is 4.28. The molecule has 0 saturated carbocycles. The quantitative estimate of drug-likeness (QED) is 0.556. The van der Waals surface area contributed by atoms with Crippen LogP contribution in [0.5, 0.6) is 11.5 Å². The van der Waals surface area contributed by atoms with Gasteiger partial charge in [-0.05, 0) is 74.4 Å². The molecule has 31 heavy (non-hydrogen) atoms. The number of carbonyl (C=O) groups excluding carboxylic acids is 2. The van der Waals surface area contributed by atoms with E-state index < -0.39 is 0 Å². The highest BCUT2D eigenvalue weighted by Crippen LogP contribution is 2.14. The van der Waals surface area contributed by atoms with Crippen LogP contribution in [-0.2, 0) is 11.2 Å². The van der Waals surface area contributed by atoms with Crippen LogP contribution < -0.4 is 20.2 Å². The summed E-state index contributed by atoms with van der Waals surface area (Å²) in [4.78, 5) is 24.4. The van der Waals surface area contributed by atoms with Gasteiger partial charge in [0.15, 0.2) is 6.61 Å². The lowest BCUT2D eigenvalue weighted by Gasteiger charge is -2.12. The van der Waals surface area contributed by atoms with Crippen molar-refractivity contribution in [2.24, 2.45) is 0 Å². The van der Waals surface area contributed by atoms with Gasteiger partial charge in [-0.2, -0.15) is 0 Å². The van der Waals surface area contributed by atoms with Crippen LogP contribution in [0.1, 0.15) is 27.3 Å². The summed E-state index contributed by atoms with van der Waals surface area (Å²) in [6, 6.07) is 18.3. The highest BCUT2D eigenvalue weighted by Gasteiger charge is 2.09. The van der Waals surface area contributed by atoms with Gasteiger partial charge in [0.05, 0.1) is 7.11 Å². The fourth-order valence-corrected chi connectivity index (χ4v) is 3.05. The maximum atomic E-state index is 12.4. The molecule has 0 saturated heterocycles. The van der Waals surface area contributed by atoms with Crippen LogP contribution in [0, 0.1) is 13.8 Å². The first-order chi connectivity index (χ1) is 15.0. The third kappa shape index (κ3) is 6.12. The molecule has 0 aliphatic rings. The normalized spacial score (nSPS) is 10.4. The summed E-state index contributed by atoms with van der Waals surface area (Å²) in [5, 5.41) is 2.83. The number of hydrogen-bond donors (Lipinski definition) is 2. The van der Waals surface area contributed by atoms with E-state index in [1.165, 1.54) is 0 Å². The Morgan fingerprint density at radius 3 is 2.10 bits per heavy atom. The molecule has 3 rings (SSSR count). The molecule has 1 aromatic heterocycles. The van der Waals surface area contributed by atoms with Gasteiger partial charge < -0.3 is 14.8 Å². The summed E-state index contributed by atoms with van der Waals surface area (Å²) >= 11 is 0. The Kier molecular flexibility index (Phi) is 7.32. The number of nitrogens with zero attached hydrogens (tertiary/aromatic N) is 1. The Labute approximate surface area is 182 Å². The van der Waals surface area contributed by atoms with E-state index in [9.17, 15) is 9.59 Å². The topological polar surface area (TPSA) is 81.6 Å². The van der Waals surface area contributed by atoms with Crippen molar-refractivity contribution in [3.8, 4) is 11.5 Å².